The number of rotatable bonds is 6. The lowest BCUT2D eigenvalue weighted by Crippen LogP contribution is -2.07. The summed E-state index contributed by atoms with van der Waals surface area (Å²) in [5.74, 6) is 1.16. The predicted molar refractivity (Wildman–Crippen MR) is 86.9 cm³/mol. The van der Waals surface area contributed by atoms with E-state index in [1.807, 2.05) is 6.07 Å². The first-order valence-corrected chi connectivity index (χ1v) is 7.90. The highest BCUT2D eigenvalue weighted by molar-refractivity contribution is 7.98. The van der Waals surface area contributed by atoms with Crippen LogP contribution >= 0.6 is 11.8 Å². The zero-order valence-electron chi connectivity index (χ0n) is 11.8. The molecule has 0 saturated heterocycles. The van der Waals surface area contributed by atoms with E-state index in [2.05, 4.69) is 17.5 Å². The van der Waals surface area contributed by atoms with Crippen LogP contribution in [0.4, 0.5) is 10.1 Å². The van der Waals surface area contributed by atoms with Crippen molar-refractivity contribution in [2.75, 3.05) is 17.6 Å². The lowest BCUT2D eigenvalue weighted by atomic mass is 10.1. The number of anilines is 1. The van der Waals surface area contributed by atoms with Gasteiger partial charge in [-0.15, -0.1) is 0 Å². The van der Waals surface area contributed by atoms with Gasteiger partial charge in [0.1, 0.15) is 18.0 Å². The van der Waals surface area contributed by atoms with Gasteiger partial charge in [0.25, 0.3) is 0 Å². The van der Waals surface area contributed by atoms with Crippen LogP contribution in [0, 0.1) is 28.5 Å². The molecule has 0 aromatic heterocycles. The van der Waals surface area contributed by atoms with E-state index in [4.69, 9.17) is 10.5 Å². The quantitative estimate of drug-likeness (QED) is 0.822. The molecule has 22 heavy (non-hydrogen) atoms. The van der Waals surface area contributed by atoms with E-state index in [9.17, 15) is 4.39 Å². The topological polar surface area (TPSA) is 59.6 Å². The van der Waals surface area contributed by atoms with Gasteiger partial charge >= 0.3 is 0 Å². The molecule has 0 bridgehead atoms. The van der Waals surface area contributed by atoms with Gasteiger partial charge in [0, 0.05) is 18.1 Å². The molecule has 2 rings (SSSR count). The first-order valence-electron chi connectivity index (χ1n) is 6.74. The molecule has 0 unspecified atom stereocenters. The monoisotopic (exact) mass is 311 g/mol. The molecule has 0 saturated carbocycles. The van der Waals surface area contributed by atoms with Gasteiger partial charge in [0.15, 0.2) is 0 Å². The highest BCUT2D eigenvalue weighted by Crippen LogP contribution is 2.20. The molecule has 5 heteroatoms. The van der Waals surface area contributed by atoms with Crippen LogP contribution < -0.4 is 5.32 Å². The van der Waals surface area contributed by atoms with Crippen molar-refractivity contribution in [1.29, 1.82) is 10.5 Å². The molecule has 1 N–H and O–H groups in total. The first kappa shape index (κ1) is 15.9. The Labute approximate surface area is 133 Å². The summed E-state index contributed by atoms with van der Waals surface area (Å²) < 4.78 is 13.5. The van der Waals surface area contributed by atoms with E-state index in [1.54, 1.807) is 42.1 Å². The summed E-state index contributed by atoms with van der Waals surface area (Å²) in [4.78, 5) is 0. The van der Waals surface area contributed by atoms with Crippen molar-refractivity contribution in [2.24, 2.45) is 0 Å². The molecule has 0 amide bonds. The minimum absolute atomic E-state index is 0.190. The molecule has 0 fully saturated rings. The third-order valence-corrected chi connectivity index (χ3v) is 4.08. The Morgan fingerprint density at radius 2 is 1.68 bits per heavy atom. The summed E-state index contributed by atoms with van der Waals surface area (Å²) in [7, 11) is 0. The van der Waals surface area contributed by atoms with Gasteiger partial charge in [-0.25, -0.2) is 4.39 Å². The van der Waals surface area contributed by atoms with Crippen LogP contribution in [0.1, 0.15) is 16.7 Å². The van der Waals surface area contributed by atoms with Crippen LogP contribution in [0.25, 0.3) is 0 Å². The Balaban J connectivity index is 1.87. The van der Waals surface area contributed by atoms with E-state index < -0.39 is 0 Å². The van der Waals surface area contributed by atoms with E-state index in [0.717, 1.165) is 5.75 Å². The molecule has 110 valence electrons. The molecule has 2 aromatic carbocycles. The van der Waals surface area contributed by atoms with Gasteiger partial charge in [-0.3, -0.25) is 0 Å². The zero-order valence-corrected chi connectivity index (χ0v) is 12.7. The molecular weight excluding hydrogens is 297 g/mol. The fourth-order valence-corrected chi connectivity index (χ4v) is 2.82. The van der Waals surface area contributed by atoms with Crippen LogP contribution in [0.3, 0.4) is 0 Å². The average Bonchev–Trinajstić information content (AvgIpc) is 2.56. The number of nitriles is 2. The second-order valence-electron chi connectivity index (χ2n) is 4.52. The van der Waals surface area contributed by atoms with E-state index in [-0.39, 0.29) is 5.82 Å². The van der Waals surface area contributed by atoms with E-state index in [0.29, 0.717) is 34.7 Å². The first-order chi connectivity index (χ1) is 10.8. The Kier molecular flexibility index (Phi) is 5.82. The maximum Gasteiger partial charge on any atom is 0.127 e. The average molecular weight is 311 g/mol. The third-order valence-electron chi connectivity index (χ3n) is 3.07. The smallest absolute Gasteiger partial charge is 0.127 e. The molecule has 0 radical (unpaired) electrons. The zero-order chi connectivity index (χ0) is 15.8. The van der Waals surface area contributed by atoms with Gasteiger partial charge in [-0.1, -0.05) is 24.3 Å². The van der Waals surface area contributed by atoms with Crippen molar-refractivity contribution < 1.29 is 4.39 Å². The molecule has 0 aliphatic heterocycles. The number of nitrogens with zero attached hydrogens (tertiary/aromatic N) is 2. The number of benzene rings is 2. The van der Waals surface area contributed by atoms with Crippen molar-refractivity contribution in [3.63, 3.8) is 0 Å². The fraction of sp³-hybridized carbons (Fsp3) is 0.176. The molecule has 0 atom stereocenters. The normalized spacial score (nSPS) is 9.77. The Morgan fingerprint density at radius 3 is 2.32 bits per heavy atom. The molecule has 0 aliphatic rings. The number of para-hydroxylation sites is 1. The van der Waals surface area contributed by atoms with Gasteiger partial charge in [-0.05, 0) is 23.8 Å². The molecule has 0 spiro atoms. The number of nitrogens with one attached hydrogen (secondary N) is 1. The molecule has 0 aliphatic carbocycles. The number of hydrogen-bond donors (Lipinski definition) is 1. The third kappa shape index (κ3) is 4.00. The lowest BCUT2D eigenvalue weighted by Gasteiger charge is -2.10. The van der Waals surface area contributed by atoms with Crippen LogP contribution in [0.15, 0.2) is 42.5 Å². The Bertz CT molecular complexity index is 699. The summed E-state index contributed by atoms with van der Waals surface area (Å²) >= 11 is 1.60. The Morgan fingerprint density at radius 1 is 1.00 bits per heavy atom. The number of hydrogen-bond acceptors (Lipinski definition) is 4. The van der Waals surface area contributed by atoms with E-state index >= 15 is 0 Å². The summed E-state index contributed by atoms with van der Waals surface area (Å²) in [6.45, 7) is 0.604. The molecule has 3 nitrogen and oxygen atoms in total. The fourth-order valence-electron chi connectivity index (χ4n) is 1.97. The summed E-state index contributed by atoms with van der Waals surface area (Å²) in [5.41, 5.74) is 2.16. The van der Waals surface area contributed by atoms with Gasteiger partial charge < -0.3 is 5.32 Å². The van der Waals surface area contributed by atoms with Crippen molar-refractivity contribution >= 4 is 17.4 Å². The Hall–Kier alpha value is -2.50. The van der Waals surface area contributed by atoms with Crippen molar-refractivity contribution in [3.05, 3.63) is 65.0 Å². The highest BCUT2D eigenvalue weighted by atomic mass is 32.2. The highest BCUT2D eigenvalue weighted by Gasteiger charge is 2.07. The van der Waals surface area contributed by atoms with Crippen LogP contribution in [-0.4, -0.2) is 12.3 Å². The summed E-state index contributed by atoms with van der Waals surface area (Å²) in [6.07, 6.45) is 0. The van der Waals surface area contributed by atoms with Crippen molar-refractivity contribution in [1.82, 2.24) is 0 Å². The summed E-state index contributed by atoms with van der Waals surface area (Å²) in [5, 5.41) is 21.3. The predicted octanol–water partition coefficient (Wildman–Crippen LogP) is 3.91. The number of thioether (sulfide) groups is 1. The maximum atomic E-state index is 13.5. The second-order valence-corrected chi connectivity index (χ2v) is 5.63. The van der Waals surface area contributed by atoms with Gasteiger partial charge in [0.2, 0.25) is 0 Å². The summed E-state index contributed by atoms with van der Waals surface area (Å²) in [6, 6.07) is 15.9. The largest absolute Gasteiger partial charge is 0.382 e. The van der Waals surface area contributed by atoms with Crippen LogP contribution in [-0.2, 0) is 5.75 Å². The number of halogens is 1. The van der Waals surface area contributed by atoms with Crippen molar-refractivity contribution in [2.45, 2.75) is 5.75 Å². The minimum Gasteiger partial charge on any atom is -0.382 e. The van der Waals surface area contributed by atoms with Gasteiger partial charge in [-0.2, -0.15) is 22.3 Å². The molecular formula is C17H14FN3S. The van der Waals surface area contributed by atoms with Crippen LogP contribution in [0.2, 0.25) is 0 Å². The van der Waals surface area contributed by atoms with Crippen LogP contribution in [0.5, 0.6) is 0 Å². The van der Waals surface area contributed by atoms with Gasteiger partial charge in [0.05, 0.1) is 16.8 Å². The lowest BCUT2D eigenvalue weighted by molar-refractivity contribution is 0.617. The maximum absolute atomic E-state index is 13.5. The second kappa shape index (κ2) is 8.07. The SMILES string of the molecule is N#Cc1cccc(C#N)c1NCCSCc1ccccc1F. The molecule has 0 heterocycles. The standard InChI is InChI=1S/C17H14FN3S/c18-16-7-2-1-4-15(16)12-22-9-8-21-17-13(10-19)5-3-6-14(17)11-20/h1-7,21H,8-9,12H2. The van der Waals surface area contributed by atoms with E-state index in [1.165, 1.54) is 6.07 Å². The van der Waals surface area contributed by atoms with Crippen molar-refractivity contribution in [3.8, 4) is 12.1 Å². The molecule has 2 aromatic rings. The minimum atomic E-state index is -0.190.